The Hall–Kier alpha value is -1.81. The number of carbonyl (C=O) groups is 1. The van der Waals surface area contributed by atoms with Gasteiger partial charge in [0.25, 0.3) is 0 Å². The third-order valence-corrected chi connectivity index (χ3v) is 8.68. The van der Waals surface area contributed by atoms with E-state index in [1.165, 1.54) is 30.5 Å². The Morgan fingerprint density at radius 1 is 1.23 bits per heavy atom. The lowest BCUT2D eigenvalue weighted by molar-refractivity contribution is -0.145. The molecule has 168 valence electrons. The molecular formula is C27H38N2O2. The van der Waals surface area contributed by atoms with Crippen LogP contribution >= 0.6 is 0 Å². The summed E-state index contributed by atoms with van der Waals surface area (Å²) >= 11 is 0. The summed E-state index contributed by atoms with van der Waals surface area (Å²) in [5, 5.41) is 0. The van der Waals surface area contributed by atoms with Gasteiger partial charge in [-0.05, 0) is 76.0 Å². The molecule has 0 spiro atoms. The summed E-state index contributed by atoms with van der Waals surface area (Å²) in [7, 11) is 0. The molecule has 0 N–H and O–H groups in total. The second-order valence-electron chi connectivity index (χ2n) is 11.0. The predicted octanol–water partition coefficient (Wildman–Crippen LogP) is 4.96. The first-order valence-corrected chi connectivity index (χ1v) is 12.3. The zero-order valence-corrected chi connectivity index (χ0v) is 19.7. The highest BCUT2D eigenvalue weighted by atomic mass is 16.6. The number of carbonyl (C=O) groups excluding carboxylic acids is 1. The third kappa shape index (κ3) is 3.82. The molecule has 4 heteroatoms. The normalized spacial score (nSPS) is 36.3. The predicted molar refractivity (Wildman–Crippen MR) is 125 cm³/mol. The molecule has 4 aliphatic rings. The molecule has 2 aliphatic carbocycles. The summed E-state index contributed by atoms with van der Waals surface area (Å²) in [4.78, 5) is 18.0. The molecule has 5 rings (SSSR count). The number of hydrogen-bond acceptors (Lipinski definition) is 4. The number of anilines is 1. The standard InChI is InChI=1S/C27H38N2O2/c1-18-7-5-9-21(13-18)29-12-11-28(16-20(29)3)17-23-22-14-24-19(2)8-6-10-27(24,4)15-25(22)31-26(23)30/h5,7,9,13,20,22-23,25H,6,8,10-12,14-17H2,1-4H3/t20-,22-,23-,25-,27-/m1/s1. The van der Waals surface area contributed by atoms with Gasteiger partial charge in [0.05, 0.1) is 5.92 Å². The van der Waals surface area contributed by atoms with E-state index < -0.39 is 0 Å². The molecule has 1 saturated carbocycles. The maximum atomic E-state index is 12.9. The Morgan fingerprint density at radius 3 is 2.84 bits per heavy atom. The summed E-state index contributed by atoms with van der Waals surface area (Å²) in [5.74, 6) is 0.465. The second kappa shape index (κ2) is 7.95. The highest BCUT2D eigenvalue weighted by Crippen LogP contribution is 2.55. The zero-order valence-electron chi connectivity index (χ0n) is 19.7. The van der Waals surface area contributed by atoms with Gasteiger partial charge in [0.1, 0.15) is 6.10 Å². The molecule has 5 atom stereocenters. The van der Waals surface area contributed by atoms with Crippen LogP contribution in [-0.4, -0.2) is 49.2 Å². The smallest absolute Gasteiger partial charge is 0.310 e. The van der Waals surface area contributed by atoms with Crippen LogP contribution in [0.2, 0.25) is 0 Å². The first-order chi connectivity index (χ1) is 14.8. The van der Waals surface area contributed by atoms with Crippen LogP contribution < -0.4 is 4.90 Å². The average molecular weight is 423 g/mol. The van der Waals surface area contributed by atoms with Crippen LogP contribution in [0.4, 0.5) is 5.69 Å². The molecule has 2 saturated heterocycles. The van der Waals surface area contributed by atoms with E-state index >= 15 is 0 Å². The highest BCUT2D eigenvalue weighted by molar-refractivity contribution is 5.76. The van der Waals surface area contributed by atoms with Crippen molar-refractivity contribution in [3.8, 4) is 0 Å². The summed E-state index contributed by atoms with van der Waals surface area (Å²) < 4.78 is 6.00. The minimum atomic E-state index is 0.0366. The number of benzene rings is 1. The van der Waals surface area contributed by atoms with Gasteiger partial charge in [-0.15, -0.1) is 0 Å². The van der Waals surface area contributed by atoms with E-state index in [4.69, 9.17) is 4.74 Å². The minimum Gasteiger partial charge on any atom is -0.462 e. The van der Waals surface area contributed by atoms with Gasteiger partial charge in [-0.25, -0.2) is 0 Å². The van der Waals surface area contributed by atoms with Crippen molar-refractivity contribution in [3.05, 3.63) is 41.0 Å². The van der Waals surface area contributed by atoms with Gasteiger partial charge in [-0.2, -0.15) is 0 Å². The molecule has 1 aromatic rings. The quantitative estimate of drug-likeness (QED) is 0.509. The molecule has 1 aromatic carbocycles. The maximum Gasteiger partial charge on any atom is 0.310 e. The Labute approximate surface area is 187 Å². The molecule has 0 radical (unpaired) electrons. The van der Waals surface area contributed by atoms with Gasteiger partial charge >= 0.3 is 5.97 Å². The summed E-state index contributed by atoms with van der Waals surface area (Å²) in [6.45, 7) is 13.1. The van der Waals surface area contributed by atoms with Crippen LogP contribution in [0.1, 0.15) is 58.4 Å². The molecule has 31 heavy (non-hydrogen) atoms. The van der Waals surface area contributed by atoms with Gasteiger partial charge in [-0.1, -0.05) is 30.2 Å². The number of fused-ring (bicyclic) bond motifs is 2. The van der Waals surface area contributed by atoms with E-state index in [0.717, 1.165) is 39.0 Å². The summed E-state index contributed by atoms with van der Waals surface area (Å²) in [5.41, 5.74) is 6.13. The molecule has 0 bridgehead atoms. The fourth-order valence-electron chi connectivity index (χ4n) is 6.99. The fraction of sp³-hybridized carbons (Fsp3) is 0.667. The lowest BCUT2D eigenvalue weighted by Crippen LogP contribution is -2.53. The van der Waals surface area contributed by atoms with Crippen molar-refractivity contribution in [3.63, 3.8) is 0 Å². The Kier molecular flexibility index (Phi) is 5.40. The van der Waals surface area contributed by atoms with Gasteiger partial charge in [0, 0.05) is 43.8 Å². The van der Waals surface area contributed by atoms with Crippen molar-refractivity contribution >= 4 is 11.7 Å². The molecule has 0 aromatic heterocycles. The summed E-state index contributed by atoms with van der Waals surface area (Å²) in [6, 6.07) is 9.26. The molecule has 4 nitrogen and oxygen atoms in total. The van der Waals surface area contributed by atoms with Gasteiger partial charge < -0.3 is 9.64 Å². The van der Waals surface area contributed by atoms with E-state index in [9.17, 15) is 4.79 Å². The number of hydrogen-bond donors (Lipinski definition) is 0. The van der Waals surface area contributed by atoms with Crippen LogP contribution in [0.5, 0.6) is 0 Å². The van der Waals surface area contributed by atoms with E-state index in [0.29, 0.717) is 12.0 Å². The number of aryl methyl sites for hydroxylation is 1. The monoisotopic (exact) mass is 422 g/mol. The second-order valence-corrected chi connectivity index (χ2v) is 11.0. The number of esters is 1. The Morgan fingerprint density at radius 2 is 2.06 bits per heavy atom. The molecule has 0 amide bonds. The molecular weight excluding hydrogens is 384 g/mol. The highest BCUT2D eigenvalue weighted by Gasteiger charge is 2.53. The fourth-order valence-corrected chi connectivity index (χ4v) is 6.99. The molecule has 2 heterocycles. The van der Waals surface area contributed by atoms with Crippen LogP contribution in [-0.2, 0) is 9.53 Å². The van der Waals surface area contributed by atoms with Gasteiger partial charge in [-0.3, -0.25) is 9.69 Å². The molecule has 2 aliphatic heterocycles. The topological polar surface area (TPSA) is 32.8 Å². The maximum absolute atomic E-state index is 12.9. The van der Waals surface area contributed by atoms with Crippen LogP contribution in [0.3, 0.4) is 0 Å². The SMILES string of the molecule is CC1=C2C[C@H]3[C@@H](C[C@@]2(C)CCC1)OC(=O)[C@@H]3CN1CCN(c2cccc(C)c2)[C@H](C)C1. The third-order valence-electron chi connectivity index (χ3n) is 8.68. The van der Waals surface area contributed by atoms with E-state index in [-0.39, 0.29) is 23.4 Å². The first-order valence-electron chi connectivity index (χ1n) is 12.3. The minimum absolute atomic E-state index is 0.0366. The molecule has 0 unspecified atom stereocenters. The van der Waals surface area contributed by atoms with Crippen LogP contribution in [0.25, 0.3) is 0 Å². The average Bonchev–Trinajstić information content (AvgIpc) is 3.00. The van der Waals surface area contributed by atoms with Crippen LogP contribution in [0, 0.1) is 24.2 Å². The number of piperazine rings is 1. The van der Waals surface area contributed by atoms with Crippen molar-refractivity contribution < 1.29 is 9.53 Å². The van der Waals surface area contributed by atoms with Crippen molar-refractivity contribution in [2.24, 2.45) is 17.3 Å². The van der Waals surface area contributed by atoms with Crippen molar-refractivity contribution in [2.45, 2.75) is 71.9 Å². The first kappa shape index (κ1) is 21.1. The summed E-state index contributed by atoms with van der Waals surface area (Å²) in [6.07, 6.45) is 6.00. The number of ether oxygens (including phenoxy) is 1. The van der Waals surface area contributed by atoms with Crippen molar-refractivity contribution in [2.75, 3.05) is 31.1 Å². The van der Waals surface area contributed by atoms with Crippen molar-refractivity contribution in [1.29, 1.82) is 0 Å². The van der Waals surface area contributed by atoms with E-state index in [1.54, 1.807) is 11.1 Å². The van der Waals surface area contributed by atoms with Crippen molar-refractivity contribution in [1.82, 2.24) is 4.90 Å². The van der Waals surface area contributed by atoms with Gasteiger partial charge in [0.15, 0.2) is 0 Å². The van der Waals surface area contributed by atoms with Crippen LogP contribution in [0.15, 0.2) is 35.4 Å². The number of nitrogens with zero attached hydrogens (tertiary/aromatic N) is 2. The number of allylic oxidation sites excluding steroid dienone is 2. The largest absolute Gasteiger partial charge is 0.462 e. The number of rotatable bonds is 3. The van der Waals surface area contributed by atoms with E-state index in [1.807, 2.05) is 0 Å². The van der Waals surface area contributed by atoms with Gasteiger partial charge in [0.2, 0.25) is 0 Å². The Bertz CT molecular complexity index is 893. The Balaban J connectivity index is 1.27. The molecule has 3 fully saturated rings. The lowest BCUT2D eigenvalue weighted by atomic mass is 9.59. The van der Waals surface area contributed by atoms with E-state index in [2.05, 4.69) is 61.8 Å². The lowest BCUT2D eigenvalue weighted by Gasteiger charge is -2.46. The zero-order chi connectivity index (χ0) is 21.8.